The molecule has 2 heterocycles. The number of carbonyl (C=O) groups excluding carboxylic acids is 1. The number of hydrogen-bond acceptors (Lipinski definition) is 5. The number of pyridine rings is 1. The Kier molecular flexibility index (Phi) is 5.48. The molecule has 0 saturated carbocycles. The zero-order valence-electron chi connectivity index (χ0n) is 16.7. The minimum Gasteiger partial charge on any atom is -0.438 e. The van der Waals surface area contributed by atoms with Gasteiger partial charge in [-0.05, 0) is 73.5 Å². The number of nitrogens with one attached hydrogen (secondary N) is 1. The molecule has 4 rings (SSSR count). The maximum Gasteiger partial charge on any atom is 0.255 e. The average molecular weight is 396 g/mol. The van der Waals surface area contributed by atoms with Crippen molar-refractivity contribution in [2.75, 3.05) is 5.32 Å². The van der Waals surface area contributed by atoms with Crippen LogP contribution in [0.3, 0.4) is 0 Å². The number of ether oxygens (including phenoxy) is 1. The summed E-state index contributed by atoms with van der Waals surface area (Å²) in [5.41, 5.74) is 4.89. The van der Waals surface area contributed by atoms with Gasteiger partial charge in [0.2, 0.25) is 5.88 Å². The van der Waals surface area contributed by atoms with Gasteiger partial charge in [-0.1, -0.05) is 12.1 Å². The van der Waals surface area contributed by atoms with Crippen LogP contribution in [0.2, 0.25) is 0 Å². The molecule has 0 bridgehead atoms. The van der Waals surface area contributed by atoms with Crippen LogP contribution in [0.1, 0.15) is 21.5 Å². The summed E-state index contributed by atoms with van der Waals surface area (Å²) in [6.45, 7) is 4.00. The molecule has 0 aliphatic rings. The molecule has 0 fully saturated rings. The second-order valence-electron chi connectivity index (χ2n) is 6.91. The molecule has 0 atom stereocenters. The Morgan fingerprint density at radius 3 is 2.50 bits per heavy atom. The Balaban J connectivity index is 1.57. The Labute approximate surface area is 174 Å². The Bertz CT molecular complexity index is 1170. The Hall–Kier alpha value is -4.06. The van der Waals surface area contributed by atoms with Crippen LogP contribution in [0.4, 0.5) is 5.69 Å². The first-order valence-electron chi connectivity index (χ1n) is 9.47. The van der Waals surface area contributed by atoms with Crippen LogP contribution in [0.25, 0.3) is 11.3 Å². The predicted molar refractivity (Wildman–Crippen MR) is 116 cm³/mol. The standard InChI is InChI=1S/C24H20N4O2/c1-16-11-17(2)13-19(12-16)28-23(29)18-5-3-6-20(14-18)30-24-21(7-4-9-26-24)22-8-10-25-15-27-22/h3-15H,1-2H3,(H,28,29). The van der Waals surface area contributed by atoms with E-state index in [9.17, 15) is 4.79 Å². The summed E-state index contributed by atoms with van der Waals surface area (Å²) in [6, 6.07) is 18.4. The van der Waals surface area contributed by atoms with Crippen LogP contribution in [-0.2, 0) is 0 Å². The SMILES string of the molecule is Cc1cc(C)cc(NC(=O)c2cccc(Oc3ncccc3-c3ccncn3)c2)c1. The fraction of sp³-hybridized carbons (Fsp3) is 0.0833. The molecule has 0 saturated heterocycles. The summed E-state index contributed by atoms with van der Waals surface area (Å²) in [6.07, 6.45) is 4.79. The van der Waals surface area contributed by atoms with Gasteiger partial charge in [0.15, 0.2) is 0 Å². The molecule has 0 aliphatic heterocycles. The zero-order valence-corrected chi connectivity index (χ0v) is 16.7. The molecular weight excluding hydrogens is 376 g/mol. The number of benzene rings is 2. The highest BCUT2D eigenvalue weighted by atomic mass is 16.5. The number of aromatic nitrogens is 3. The first-order chi connectivity index (χ1) is 14.6. The van der Waals surface area contributed by atoms with Gasteiger partial charge in [0.25, 0.3) is 5.91 Å². The van der Waals surface area contributed by atoms with E-state index >= 15 is 0 Å². The first-order valence-corrected chi connectivity index (χ1v) is 9.47. The van der Waals surface area contributed by atoms with Gasteiger partial charge in [-0.3, -0.25) is 4.79 Å². The van der Waals surface area contributed by atoms with Crippen LogP contribution in [0.15, 0.2) is 79.4 Å². The highest BCUT2D eigenvalue weighted by Crippen LogP contribution is 2.30. The fourth-order valence-electron chi connectivity index (χ4n) is 3.18. The van der Waals surface area contributed by atoms with Crippen molar-refractivity contribution in [3.05, 3.63) is 96.1 Å². The predicted octanol–water partition coefficient (Wildman–Crippen LogP) is 5.20. The number of aryl methyl sites for hydroxylation is 2. The van der Waals surface area contributed by atoms with Gasteiger partial charge in [-0.15, -0.1) is 0 Å². The lowest BCUT2D eigenvalue weighted by atomic mass is 10.1. The van der Waals surface area contributed by atoms with Gasteiger partial charge in [0.05, 0.1) is 11.3 Å². The van der Waals surface area contributed by atoms with Crippen LogP contribution in [0.5, 0.6) is 11.6 Å². The number of hydrogen-bond donors (Lipinski definition) is 1. The van der Waals surface area contributed by atoms with E-state index in [2.05, 4.69) is 26.3 Å². The van der Waals surface area contributed by atoms with Crippen molar-refractivity contribution < 1.29 is 9.53 Å². The van der Waals surface area contributed by atoms with E-state index in [1.165, 1.54) is 6.33 Å². The topological polar surface area (TPSA) is 77.0 Å². The lowest BCUT2D eigenvalue weighted by molar-refractivity contribution is 0.102. The van der Waals surface area contributed by atoms with E-state index in [0.717, 1.165) is 22.4 Å². The van der Waals surface area contributed by atoms with Crippen molar-refractivity contribution >= 4 is 11.6 Å². The average Bonchev–Trinajstić information content (AvgIpc) is 2.74. The second-order valence-corrected chi connectivity index (χ2v) is 6.91. The molecular formula is C24H20N4O2. The number of nitrogens with zero attached hydrogens (tertiary/aromatic N) is 3. The summed E-state index contributed by atoms with van der Waals surface area (Å²) < 4.78 is 5.99. The highest BCUT2D eigenvalue weighted by molar-refractivity contribution is 6.04. The van der Waals surface area contributed by atoms with Crippen molar-refractivity contribution in [2.45, 2.75) is 13.8 Å². The largest absolute Gasteiger partial charge is 0.438 e. The minimum absolute atomic E-state index is 0.206. The number of carbonyl (C=O) groups is 1. The van der Waals surface area contributed by atoms with Crippen molar-refractivity contribution in [1.82, 2.24) is 15.0 Å². The summed E-state index contributed by atoms with van der Waals surface area (Å²) in [7, 11) is 0. The third kappa shape index (κ3) is 4.50. The van der Waals surface area contributed by atoms with Gasteiger partial charge in [-0.2, -0.15) is 0 Å². The Morgan fingerprint density at radius 1 is 0.900 bits per heavy atom. The van der Waals surface area contributed by atoms with Crippen LogP contribution in [0, 0.1) is 13.8 Å². The van der Waals surface area contributed by atoms with Gasteiger partial charge in [0, 0.05) is 23.6 Å². The normalized spacial score (nSPS) is 10.5. The van der Waals surface area contributed by atoms with Crippen molar-refractivity contribution in [1.29, 1.82) is 0 Å². The summed E-state index contributed by atoms with van der Waals surface area (Å²) in [5, 5.41) is 2.94. The van der Waals surface area contributed by atoms with Gasteiger partial charge in [-0.25, -0.2) is 15.0 Å². The smallest absolute Gasteiger partial charge is 0.255 e. The monoisotopic (exact) mass is 396 g/mol. The van der Waals surface area contributed by atoms with Gasteiger partial charge >= 0.3 is 0 Å². The third-order valence-electron chi connectivity index (χ3n) is 4.42. The quantitative estimate of drug-likeness (QED) is 0.502. The van der Waals surface area contributed by atoms with Crippen LogP contribution >= 0.6 is 0 Å². The fourth-order valence-corrected chi connectivity index (χ4v) is 3.18. The molecule has 0 aliphatic carbocycles. The van der Waals surface area contributed by atoms with E-state index in [1.54, 1.807) is 42.7 Å². The van der Waals surface area contributed by atoms with E-state index < -0.39 is 0 Å². The lowest BCUT2D eigenvalue weighted by Gasteiger charge is -2.11. The highest BCUT2D eigenvalue weighted by Gasteiger charge is 2.12. The van der Waals surface area contributed by atoms with E-state index in [0.29, 0.717) is 22.9 Å². The summed E-state index contributed by atoms with van der Waals surface area (Å²) in [4.78, 5) is 25.3. The zero-order chi connectivity index (χ0) is 20.9. The molecule has 2 aromatic heterocycles. The maximum absolute atomic E-state index is 12.7. The number of rotatable bonds is 5. The number of anilines is 1. The Morgan fingerprint density at radius 2 is 1.73 bits per heavy atom. The summed E-state index contributed by atoms with van der Waals surface area (Å²) >= 11 is 0. The van der Waals surface area contributed by atoms with E-state index in [-0.39, 0.29) is 5.91 Å². The molecule has 0 spiro atoms. The minimum atomic E-state index is -0.206. The number of amides is 1. The third-order valence-corrected chi connectivity index (χ3v) is 4.42. The molecule has 0 radical (unpaired) electrons. The maximum atomic E-state index is 12.7. The molecule has 148 valence electrons. The molecule has 0 unspecified atom stereocenters. The van der Waals surface area contributed by atoms with Gasteiger partial charge < -0.3 is 10.1 Å². The second kappa shape index (κ2) is 8.53. The lowest BCUT2D eigenvalue weighted by Crippen LogP contribution is -2.12. The molecule has 30 heavy (non-hydrogen) atoms. The molecule has 4 aromatic rings. The van der Waals surface area contributed by atoms with Crippen molar-refractivity contribution in [3.8, 4) is 22.9 Å². The molecule has 1 N–H and O–H groups in total. The van der Waals surface area contributed by atoms with Crippen LogP contribution < -0.4 is 10.1 Å². The van der Waals surface area contributed by atoms with Crippen molar-refractivity contribution in [3.63, 3.8) is 0 Å². The molecule has 6 nitrogen and oxygen atoms in total. The first kappa shape index (κ1) is 19.3. The van der Waals surface area contributed by atoms with Gasteiger partial charge in [0.1, 0.15) is 12.1 Å². The molecule has 2 aromatic carbocycles. The van der Waals surface area contributed by atoms with Crippen molar-refractivity contribution in [2.24, 2.45) is 0 Å². The van der Waals surface area contributed by atoms with E-state index in [4.69, 9.17) is 4.74 Å². The van der Waals surface area contributed by atoms with E-state index in [1.807, 2.05) is 38.1 Å². The molecule has 1 amide bonds. The summed E-state index contributed by atoms with van der Waals surface area (Å²) in [5.74, 6) is 0.711. The van der Waals surface area contributed by atoms with Crippen LogP contribution in [-0.4, -0.2) is 20.9 Å². The molecule has 6 heteroatoms.